The summed E-state index contributed by atoms with van der Waals surface area (Å²) in [6.45, 7) is 1.47. The van der Waals surface area contributed by atoms with Crippen molar-refractivity contribution in [3.63, 3.8) is 0 Å². The lowest BCUT2D eigenvalue weighted by atomic mass is 9.93. The van der Waals surface area contributed by atoms with Gasteiger partial charge in [-0.3, -0.25) is 9.36 Å². The fourth-order valence-electron chi connectivity index (χ4n) is 4.88. The summed E-state index contributed by atoms with van der Waals surface area (Å²) in [6.07, 6.45) is -1.28. The number of nitrogens with one attached hydrogen (secondary N) is 1. The third-order valence-corrected chi connectivity index (χ3v) is 6.49. The Morgan fingerprint density at radius 3 is 2.78 bits per heavy atom. The molecule has 5 rings (SSSR count). The van der Waals surface area contributed by atoms with Crippen molar-refractivity contribution in [2.75, 3.05) is 11.9 Å². The fourth-order valence-corrected chi connectivity index (χ4v) is 4.88. The molecule has 0 saturated carbocycles. The molecular formula is C27H26F3N5O2. The van der Waals surface area contributed by atoms with E-state index in [1.165, 1.54) is 12.1 Å². The van der Waals surface area contributed by atoms with Crippen LogP contribution in [-0.2, 0) is 17.7 Å². The van der Waals surface area contributed by atoms with Crippen molar-refractivity contribution >= 4 is 22.6 Å². The van der Waals surface area contributed by atoms with E-state index in [0.717, 1.165) is 23.2 Å². The number of fused-ring (bicyclic) bond motifs is 2. The highest BCUT2D eigenvalue weighted by Gasteiger charge is 2.28. The molecule has 1 unspecified atom stereocenters. The van der Waals surface area contributed by atoms with E-state index in [9.17, 15) is 18.0 Å². The monoisotopic (exact) mass is 509 g/mol. The summed E-state index contributed by atoms with van der Waals surface area (Å²) < 4.78 is 47.0. The summed E-state index contributed by atoms with van der Waals surface area (Å²) in [4.78, 5) is 21.6. The van der Waals surface area contributed by atoms with Crippen LogP contribution >= 0.6 is 0 Å². The predicted octanol–water partition coefficient (Wildman–Crippen LogP) is 5.24. The predicted molar refractivity (Wildman–Crippen MR) is 133 cm³/mol. The van der Waals surface area contributed by atoms with Gasteiger partial charge in [0.15, 0.2) is 0 Å². The molecular weight excluding hydrogens is 483 g/mol. The Balaban J connectivity index is 1.63. The van der Waals surface area contributed by atoms with Gasteiger partial charge in [0.1, 0.15) is 24.3 Å². The smallest absolute Gasteiger partial charge is 0.261 e. The van der Waals surface area contributed by atoms with Crippen LogP contribution in [0.25, 0.3) is 16.9 Å². The van der Waals surface area contributed by atoms with E-state index in [-0.39, 0.29) is 5.82 Å². The van der Waals surface area contributed by atoms with Gasteiger partial charge in [-0.25, -0.2) is 18.2 Å². The number of ether oxygens (including phenoxy) is 1. The average Bonchev–Trinajstić information content (AvgIpc) is 3.21. The number of anilines is 1. The van der Waals surface area contributed by atoms with Crippen LogP contribution in [0.4, 0.5) is 19.0 Å². The number of carbonyl (C=O) groups is 1. The zero-order valence-corrected chi connectivity index (χ0v) is 20.2. The van der Waals surface area contributed by atoms with Crippen molar-refractivity contribution in [1.82, 2.24) is 14.5 Å². The van der Waals surface area contributed by atoms with Crippen molar-refractivity contribution in [2.24, 2.45) is 5.73 Å². The van der Waals surface area contributed by atoms with Crippen molar-refractivity contribution in [3.05, 3.63) is 82.4 Å². The van der Waals surface area contributed by atoms with E-state index in [4.69, 9.17) is 20.4 Å². The third-order valence-electron chi connectivity index (χ3n) is 6.49. The highest BCUT2D eigenvalue weighted by molar-refractivity contribution is 6.06. The Morgan fingerprint density at radius 2 is 2.03 bits per heavy atom. The van der Waals surface area contributed by atoms with Crippen LogP contribution in [0.5, 0.6) is 0 Å². The minimum atomic E-state index is -2.60. The van der Waals surface area contributed by atoms with Crippen LogP contribution in [0.1, 0.15) is 51.8 Å². The van der Waals surface area contributed by atoms with Crippen LogP contribution in [0, 0.1) is 12.7 Å². The minimum absolute atomic E-state index is 0.306. The van der Waals surface area contributed by atoms with E-state index in [2.05, 4.69) is 5.32 Å². The minimum Gasteiger partial charge on any atom is -0.366 e. The zero-order valence-electron chi connectivity index (χ0n) is 20.2. The zero-order chi connectivity index (χ0) is 26.1. The lowest BCUT2D eigenvalue weighted by Gasteiger charge is -2.27. The molecule has 1 aliphatic rings. The Hall–Kier alpha value is -3.92. The van der Waals surface area contributed by atoms with Crippen LogP contribution in [0.3, 0.4) is 0 Å². The topological polar surface area (TPSA) is 95.1 Å². The first-order valence-corrected chi connectivity index (χ1v) is 12.0. The number of rotatable bonds is 8. The van der Waals surface area contributed by atoms with Crippen molar-refractivity contribution < 1.29 is 22.7 Å². The van der Waals surface area contributed by atoms with Gasteiger partial charge < -0.3 is 15.8 Å². The summed E-state index contributed by atoms with van der Waals surface area (Å²) in [6, 6.07) is 13.3. The molecule has 0 saturated heterocycles. The average molecular weight is 510 g/mol. The van der Waals surface area contributed by atoms with Gasteiger partial charge in [-0.1, -0.05) is 18.2 Å². The van der Waals surface area contributed by atoms with Crippen molar-refractivity contribution in [1.29, 1.82) is 0 Å². The summed E-state index contributed by atoms with van der Waals surface area (Å²) in [7, 11) is 0. The number of nitrogens with zero attached hydrogens (tertiary/aromatic N) is 3. The van der Waals surface area contributed by atoms with E-state index in [1.807, 2.05) is 19.1 Å². The largest absolute Gasteiger partial charge is 0.366 e. The highest BCUT2D eigenvalue weighted by Crippen LogP contribution is 2.36. The molecule has 7 nitrogen and oxygen atoms in total. The van der Waals surface area contributed by atoms with Gasteiger partial charge in [-0.15, -0.1) is 0 Å². The van der Waals surface area contributed by atoms with Gasteiger partial charge in [0, 0.05) is 28.8 Å². The number of aryl methyl sites for hydroxylation is 1. The number of halogens is 3. The van der Waals surface area contributed by atoms with E-state index in [1.54, 1.807) is 28.8 Å². The van der Waals surface area contributed by atoms with Crippen LogP contribution in [0.15, 0.2) is 48.5 Å². The van der Waals surface area contributed by atoms with Gasteiger partial charge in [0.05, 0.1) is 11.2 Å². The van der Waals surface area contributed by atoms with Gasteiger partial charge >= 0.3 is 0 Å². The number of primary amides is 1. The maximum absolute atomic E-state index is 13.7. The Labute approximate surface area is 211 Å². The molecule has 0 fully saturated rings. The molecule has 0 radical (unpaired) electrons. The molecule has 0 spiro atoms. The molecule has 10 heteroatoms. The SMILES string of the molecule is Cc1cc2c(C(N)=O)cccc2n1-c1nc(NCc2cccc(F)c2)c2c(n1)C(OCC(F)F)CCC2. The Bertz CT molecular complexity index is 1470. The molecule has 3 N–H and O–H groups in total. The van der Waals surface area contributed by atoms with Crippen molar-refractivity contribution in [3.8, 4) is 5.95 Å². The fraction of sp³-hybridized carbons (Fsp3) is 0.296. The number of benzene rings is 2. The summed E-state index contributed by atoms with van der Waals surface area (Å²) in [5, 5.41) is 3.95. The van der Waals surface area contributed by atoms with E-state index in [0.29, 0.717) is 53.3 Å². The Kier molecular flexibility index (Phi) is 6.84. The first-order valence-electron chi connectivity index (χ1n) is 12.0. The highest BCUT2D eigenvalue weighted by atomic mass is 19.3. The lowest BCUT2D eigenvalue weighted by Crippen LogP contribution is -2.22. The number of amides is 1. The second-order valence-electron chi connectivity index (χ2n) is 9.05. The standard InChI is InChI=1S/C27H26F3N5O2/c1-15-11-20-18(25(31)36)7-3-9-21(20)35(15)27-33-24-19(8-4-10-22(24)37-14-23(29)30)26(34-27)32-13-16-5-2-6-17(28)12-16/h2-3,5-7,9,11-12,22-23H,4,8,10,13-14H2,1H3,(H2,31,36)(H,32,33,34). The molecule has 0 bridgehead atoms. The molecule has 2 aromatic heterocycles. The summed E-state index contributed by atoms with van der Waals surface area (Å²) in [5.41, 5.74) is 9.47. The third kappa shape index (κ3) is 5.01. The second-order valence-corrected chi connectivity index (χ2v) is 9.05. The van der Waals surface area contributed by atoms with Crippen LogP contribution in [-0.4, -0.2) is 33.5 Å². The van der Waals surface area contributed by atoms with E-state index < -0.39 is 25.0 Å². The first-order chi connectivity index (χ1) is 17.8. The van der Waals surface area contributed by atoms with E-state index >= 15 is 0 Å². The molecule has 37 heavy (non-hydrogen) atoms. The molecule has 4 aromatic rings. The number of aromatic nitrogens is 3. The maximum Gasteiger partial charge on any atom is 0.261 e. The molecule has 1 atom stereocenters. The van der Waals surface area contributed by atoms with Gasteiger partial charge in [-0.2, -0.15) is 4.98 Å². The molecule has 1 amide bonds. The molecule has 0 aliphatic heterocycles. The number of nitrogens with two attached hydrogens (primary N) is 1. The maximum atomic E-state index is 13.7. The molecule has 2 aromatic carbocycles. The number of hydrogen-bond acceptors (Lipinski definition) is 5. The molecule has 2 heterocycles. The Morgan fingerprint density at radius 1 is 1.22 bits per heavy atom. The first kappa shape index (κ1) is 24.8. The quantitative estimate of drug-likeness (QED) is 0.339. The second kappa shape index (κ2) is 10.2. The van der Waals surface area contributed by atoms with Crippen molar-refractivity contribution in [2.45, 2.75) is 45.3 Å². The number of hydrogen-bond donors (Lipinski definition) is 2. The normalized spacial score (nSPS) is 15.2. The summed E-state index contributed by atoms with van der Waals surface area (Å²) >= 11 is 0. The number of alkyl halides is 2. The van der Waals surface area contributed by atoms with Gasteiger partial charge in [-0.05, 0) is 62.1 Å². The number of carbonyl (C=O) groups excluding carboxylic acids is 1. The van der Waals surface area contributed by atoms with Crippen LogP contribution < -0.4 is 11.1 Å². The van der Waals surface area contributed by atoms with Crippen LogP contribution in [0.2, 0.25) is 0 Å². The molecule has 192 valence electrons. The van der Waals surface area contributed by atoms with Gasteiger partial charge in [0.2, 0.25) is 11.9 Å². The molecule has 1 aliphatic carbocycles. The lowest BCUT2D eigenvalue weighted by molar-refractivity contribution is -0.0329. The van der Waals surface area contributed by atoms with Gasteiger partial charge in [0.25, 0.3) is 6.43 Å². The summed E-state index contributed by atoms with van der Waals surface area (Å²) in [5.74, 6) is -0.0547.